The molecular formula is C16H25NO2. The predicted molar refractivity (Wildman–Crippen MR) is 77.8 cm³/mol. The Morgan fingerprint density at radius 3 is 2.84 bits per heavy atom. The summed E-state index contributed by atoms with van der Waals surface area (Å²) >= 11 is 0. The minimum absolute atomic E-state index is 0.239. The second-order valence-corrected chi connectivity index (χ2v) is 5.35. The Balaban J connectivity index is 1.78. The zero-order chi connectivity index (χ0) is 13.7. The number of aryl methyl sites for hydroxylation is 2. The third kappa shape index (κ3) is 4.22. The van der Waals surface area contributed by atoms with E-state index < -0.39 is 0 Å². The zero-order valence-electron chi connectivity index (χ0n) is 12.2. The summed E-state index contributed by atoms with van der Waals surface area (Å²) in [5.41, 5.74) is 2.42. The van der Waals surface area contributed by atoms with Crippen LogP contribution in [0.15, 0.2) is 18.2 Å². The number of ether oxygens (including phenoxy) is 2. The first-order chi connectivity index (χ1) is 9.19. The molecule has 2 atom stereocenters. The van der Waals surface area contributed by atoms with E-state index in [-0.39, 0.29) is 6.10 Å². The van der Waals surface area contributed by atoms with E-state index in [1.807, 2.05) is 0 Å². The molecule has 1 N–H and O–H groups in total. The summed E-state index contributed by atoms with van der Waals surface area (Å²) in [7, 11) is 0. The monoisotopic (exact) mass is 263 g/mol. The van der Waals surface area contributed by atoms with E-state index in [0.717, 1.165) is 31.7 Å². The van der Waals surface area contributed by atoms with Gasteiger partial charge in [-0.05, 0) is 50.4 Å². The molecule has 0 aromatic heterocycles. The van der Waals surface area contributed by atoms with Gasteiger partial charge in [-0.15, -0.1) is 0 Å². The fourth-order valence-electron chi connectivity index (χ4n) is 2.40. The van der Waals surface area contributed by atoms with Crippen molar-refractivity contribution in [2.24, 2.45) is 0 Å². The van der Waals surface area contributed by atoms with Gasteiger partial charge in [0.1, 0.15) is 12.4 Å². The van der Waals surface area contributed by atoms with Crippen LogP contribution in [0.4, 0.5) is 0 Å². The molecule has 3 heteroatoms. The Hall–Kier alpha value is -1.06. The lowest BCUT2D eigenvalue weighted by Crippen LogP contribution is -2.28. The Morgan fingerprint density at radius 1 is 1.26 bits per heavy atom. The van der Waals surface area contributed by atoms with Crippen LogP contribution in [0.2, 0.25) is 0 Å². The molecule has 0 aliphatic carbocycles. The highest BCUT2D eigenvalue weighted by Gasteiger charge is 2.25. The summed E-state index contributed by atoms with van der Waals surface area (Å²) in [4.78, 5) is 0. The van der Waals surface area contributed by atoms with Gasteiger partial charge in [0.2, 0.25) is 0 Å². The average molecular weight is 263 g/mol. The highest BCUT2D eigenvalue weighted by atomic mass is 16.5. The van der Waals surface area contributed by atoms with E-state index in [1.165, 1.54) is 11.1 Å². The average Bonchev–Trinajstić information content (AvgIpc) is 2.85. The SMILES string of the molecule is CCNCC1CCC(COc2cc(C)ccc2C)O1. The maximum atomic E-state index is 5.97. The van der Waals surface area contributed by atoms with Gasteiger partial charge in [-0.25, -0.2) is 0 Å². The lowest BCUT2D eigenvalue weighted by molar-refractivity contribution is 0.0186. The number of rotatable bonds is 6. The normalized spacial score (nSPS) is 22.7. The van der Waals surface area contributed by atoms with Crippen molar-refractivity contribution in [1.82, 2.24) is 5.32 Å². The first kappa shape index (κ1) is 14.4. The summed E-state index contributed by atoms with van der Waals surface area (Å²) in [5.74, 6) is 0.985. The molecule has 2 rings (SSSR count). The molecule has 0 radical (unpaired) electrons. The molecule has 1 saturated heterocycles. The molecule has 1 aromatic rings. The van der Waals surface area contributed by atoms with Crippen molar-refractivity contribution in [1.29, 1.82) is 0 Å². The first-order valence-corrected chi connectivity index (χ1v) is 7.25. The minimum Gasteiger partial charge on any atom is -0.491 e. The number of benzene rings is 1. The largest absolute Gasteiger partial charge is 0.491 e. The van der Waals surface area contributed by atoms with Gasteiger partial charge in [-0.2, -0.15) is 0 Å². The quantitative estimate of drug-likeness (QED) is 0.856. The van der Waals surface area contributed by atoms with Crippen LogP contribution in [0.25, 0.3) is 0 Å². The molecule has 106 valence electrons. The van der Waals surface area contributed by atoms with E-state index >= 15 is 0 Å². The maximum absolute atomic E-state index is 5.97. The van der Waals surface area contributed by atoms with Crippen molar-refractivity contribution in [2.75, 3.05) is 19.7 Å². The first-order valence-electron chi connectivity index (χ1n) is 7.25. The van der Waals surface area contributed by atoms with E-state index in [9.17, 15) is 0 Å². The molecule has 1 fully saturated rings. The fraction of sp³-hybridized carbons (Fsp3) is 0.625. The van der Waals surface area contributed by atoms with Crippen LogP contribution in [-0.2, 0) is 4.74 Å². The van der Waals surface area contributed by atoms with Gasteiger partial charge in [0.25, 0.3) is 0 Å². The molecular weight excluding hydrogens is 238 g/mol. The number of hydrogen-bond donors (Lipinski definition) is 1. The number of nitrogens with one attached hydrogen (secondary N) is 1. The minimum atomic E-state index is 0.239. The molecule has 1 aliphatic rings. The smallest absolute Gasteiger partial charge is 0.122 e. The lowest BCUT2D eigenvalue weighted by Gasteiger charge is -2.16. The molecule has 2 unspecified atom stereocenters. The van der Waals surface area contributed by atoms with Crippen molar-refractivity contribution in [3.63, 3.8) is 0 Å². The molecule has 0 spiro atoms. The second kappa shape index (κ2) is 6.92. The molecule has 1 aliphatic heterocycles. The van der Waals surface area contributed by atoms with Crippen LogP contribution in [0.5, 0.6) is 5.75 Å². The van der Waals surface area contributed by atoms with Crippen LogP contribution >= 0.6 is 0 Å². The van der Waals surface area contributed by atoms with Crippen molar-refractivity contribution in [2.45, 2.75) is 45.8 Å². The molecule has 19 heavy (non-hydrogen) atoms. The maximum Gasteiger partial charge on any atom is 0.122 e. The standard InChI is InChI=1S/C16H25NO2/c1-4-17-10-14-7-8-15(19-14)11-18-16-9-12(2)5-6-13(16)3/h5-6,9,14-15,17H,4,7-8,10-11H2,1-3H3. The van der Waals surface area contributed by atoms with Crippen molar-refractivity contribution in [3.05, 3.63) is 29.3 Å². The van der Waals surface area contributed by atoms with Gasteiger partial charge in [-0.1, -0.05) is 19.1 Å². The van der Waals surface area contributed by atoms with E-state index in [1.54, 1.807) is 0 Å². The van der Waals surface area contributed by atoms with Gasteiger partial charge in [0.05, 0.1) is 12.2 Å². The van der Waals surface area contributed by atoms with Gasteiger partial charge in [0, 0.05) is 6.54 Å². The Labute approximate surface area is 116 Å². The van der Waals surface area contributed by atoms with Gasteiger partial charge in [-0.3, -0.25) is 0 Å². The van der Waals surface area contributed by atoms with E-state index in [4.69, 9.17) is 9.47 Å². The molecule has 1 aromatic carbocycles. The summed E-state index contributed by atoms with van der Waals surface area (Å²) in [6, 6.07) is 6.31. The van der Waals surface area contributed by atoms with Crippen LogP contribution in [0, 0.1) is 13.8 Å². The molecule has 3 nitrogen and oxygen atoms in total. The van der Waals surface area contributed by atoms with Crippen LogP contribution in [0.1, 0.15) is 30.9 Å². The highest BCUT2D eigenvalue weighted by molar-refractivity contribution is 5.35. The lowest BCUT2D eigenvalue weighted by atomic mass is 10.1. The number of hydrogen-bond acceptors (Lipinski definition) is 3. The van der Waals surface area contributed by atoms with Crippen LogP contribution < -0.4 is 10.1 Å². The van der Waals surface area contributed by atoms with E-state index in [0.29, 0.717) is 12.7 Å². The van der Waals surface area contributed by atoms with Crippen LogP contribution in [0.3, 0.4) is 0 Å². The third-order valence-corrected chi connectivity index (χ3v) is 3.59. The van der Waals surface area contributed by atoms with Crippen LogP contribution in [-0.4, -0.2) is 31.9 Å². The zero-order valence-corrected chi connectivity index (χ0v) is 12.2. The Bertz CT molecular complexity index is 406. The Morgan fingerprint density at radius 2 is 2.05 bits per heavy atom. The van der Waals surface area contributed by atoms with Gasteiger partial charge >= 0.3 is 0 Å². The van der Waals surface area contributed by atoms with Gasteiger partial charge in [0.15, 0.2) is 0 Å². The van der Waals surface area contributed by atoms with Crippen molar-refractivity contribution < 1.29 is 9.47 Å². The molecule has 1 heterocycles. The summed E-state index contributed by atoms with van der Waals surface area (Å²) in [5, 5.41) is 3.34. The predicted octanol–water partition coefficient (Wildman–Crippen LogP) is 2.84. The molecule has 0 bridgehead atoms. The van der Waals surface area contributed by atoms with Crippen molar-refractivity contribution >= 4 is 0 Å². The fourth-order valence-corrected chi connectivity index (χ4v) is 2.40. The third-order valence-electron chi connectivity index (χ3n) is 3.59. The van der Waals surface area contributed by atoms with Gasteiger partial charge < -0.3 is 14.8 Å². The van der Waals surface area contributed by atoms with Crippen molar-refractivity contribution in [3.8, 4) is 5.75 Å². The molecule has 0 amide bonds. The summed E-state index contributed by atoms with van der Waals surface area (Å²) in [6.07, 6.45) is 2.82. The summed E-state index contributed by atoms with van der Waals surface area (Å²) < 4.78 is 11.9. The molecule has 0 saturated carbocycles. The number of likely N-dealkylation sites (N-methyl/N-ethyl adjacent to an activating group) is 1. The Kier molecular flexibility index (Phi) is 5.23. The second-order valence-electron chi connectivity index (χ2n) is 5.35. The summed E-state index contributed by atoms with van der Waals surface area (Å²) in [6.45, 7) is 8.91. The topological polar surface area (TPSA) is 30.5 Å². The highest BCUT2D eigenvalue weighted by Crippen LogP contribution is 2.23. The van der Waals surface area contributed by atoms with E-state index in [2.05, 4.69) is 44.3 Å².